The van der Waals surface area contributed by atoms with E-state index in [-0.39, 0.29) is 44.8 Å². The van der Waals surface area contributed by atoms with Gasteiger partial charge in [-0.25, -0.2) is 4.39 Å². The zero-order valence-electron chi connectivity index (χ0n) is 18.4. The molecular weight excluding hydrogens is 469 g/mol. The van der Waals surface area contributed by atoms with Crippen molar-refractivity contribution in [3.63, 3.8) is 0 Å². The van der Waals surface area contributed by atoms with E-state index < -0.39 is 23.7 Å². The number of hydrogen-bond donors (Lipinski definition) is 3. The van der Waals surface area contributed by atoms with E-state index in [1.807, 2.05) is 13.8 Å². The van der Waals surface area contributed by atoms with Crippen LogP contribution in [0.4, 0.5) is 15.8 Å². The molecule has 0 bridgehead atoms. The fourth-order valence-electron chi connectivity index (χ4n) is 3.96. The number of nitrogens with one attached hydrogen (secondary N) is 1. The van der Waals surface area contributed by atoms with Crippen LogP contribution in [0.5, 0.6) is 0 Å². The van der Waals surface area contributed by atoms with Crippen LogP contribution in [-0.4, -0.2) is 34.2 Å². The monoisotopic (exact) mass is 495 g/mol. The van der Waals surface area contributed by atoms with E-state index >= 15 is 0 Å². The number of amides is 3. The van der Waals surface area contributed by atoms with Gasteiger partial charge in [0.25, 0.3) is 11.8 Å². The quantitative estimate of drug-likeness (QED) is 0.513. The van der Waals surface area contributed by atoms with E-state index in [0.717, 1.165) is 43.3 Å². The molecule has 178 valence electrons. The molecule has 1 aliphatic carbocycles. The standard InChI is InChI=1S/C22H27ClFN5O3S/c1-11(2)9-16(21(31)27-12-5-3-4-6-12)29(13-7-8-15(24)14(23)10-13)22(32)19-17(25)18(20(26)30)28-33-19/h7-8,10-12,16H,3-6,9,25H2,1-2H3,(H2,26,30)(H,27,31). The van der Waals surface area contributed by atoms with Gasteiger partial charge >= 0.3 is 0 Å². The molecule has 2 aromatic rings. The lowest BCUT2D eigenvalue weighted by Crippen LogP contribution is -2.52. The van der Waals surface area contributed by atoms with Crippen LogP contribution in [-0.2, 0) is 4.79 Å². The lowest BCUT2D eigenvalue weighted by Gasteiger charge is -2.33. The van der Waals surface area contributed by atoms with Gasteiger partial charge < -0.3 is 16.8 Å². The molecule has 1 aromatic heterocycles. The molecule has 1 aliphatic rings. The summed E-state index contributed by atoms with van der Waals surface area (Å²) in [5.41, 5.74) is 11.2. The largest absolute Gasteiger partial charge is 0.395 e. The number of halogens is 2. The van der Waals surface area contributed by atoms with Crippen LogP contribution in [0.1, 0.15) is 66.1 Å². The Hall–Kier alpha value is -2.72. The average Bonchev–Trinajstić information content (AvgIpc) is 3.39. The summed E-state index contributed by atoms with van der Waals surface area (Å²) in [5.74, 6) is -2.43. The average molecular weight is 496 g/mol. The maximum atomic E-state index is 13.9. The molecule has 1 unspecified atom stereocenters. The molecular formula is C22H27ClFN5O3S. The zero-order chi connectivity index (χ0) is 24.3. The van der Waals surface area contributed by atoms with Crippen LogP contribution in [0.2, 0.25) is 5.02 Å². The second-order valence-corrected chi connectivity index (χ2v) is 9.73. The van der Waals surface area contributed by atoms with Crippen LogP contribution < -0.4 is 21.7 Å². The Morgan fingerprint density at radius 2 is 1.97 bits per heavy atom. The second kappa shape index (κ2) is 10.5. The molecule has 1 fully saturated rings. The number of rotatable bonds is 8. The number of carbonyl (C=O) groups is 3. The summed E-state index contributed by atoms with van der Waals surface area (Å²) in [4.78, 5) is 39.9. The van der Waals surface area contributed by atoms with E-state index in [1.165, 1.54) is 17.0 Å². The number of hydrogen-bond acceptors (Lipinski definition) is 6. The highest BCUT2D eigenvalue weighted by Gasteiger charge is 2.36. The predicted octanol–water partition coefficient (Wildman–Crippen LogP) is 3.74. The van der Waals surface area contributed by atoms with Gasteiger partial charge in [-0.3, -0.25) is 19.3 Å². The highest BCUT2D eigenvalue weighted by molar-refractivity contribution is 7.09. The second-order valence-electron chi connectivity index (χ2n) is 8.55. The normalized spacial score (nSPS) is 14.9. The summed E-state index contributed by atoms with van der Waals surface area (Å²) >= 11 is 6.72. The molecule has 33 heavy (non-hydrogen) atoms. The minimum Gasteiger partial charge on any atom is -0.395 e. The van der Waals surface area contributed by atoms with E-state index in [4.69, 9.17) is 23.1 Å². The maximum Gasteiger partial charge on any atom is 0.272 e. The lowest BCUT2D eigenvalue weighted by molar-refractivity contribution is -0.123. The first-order valence-corrected chi connectivity index (χ1v) is 11.9. The topological polar surface area (TPSA) is 131 Å². The van der Waals surface area contributed by atoms with Crippen LogP contribution >= 0.6 is 23.1 Å². The third kappa shape index (κ3) is 5.62. The number of benzene rings is 1. The van der Waals surface area contributed by atoms with Crippen LogP contribution in [0.15, 0.2) is 18.2 Å². The molecule has 0 spiro atoms. The van der Waals surface area contributed by atoms with Crippen molar-refractivity contribution in [1.82, 2.24) is 9.69 Å². The predicted molar refractivity (Wildman–Crippen MR) is 127 cm³/mol. The molecule has 1 aromatic carbocycles. The minimum atomic E-state index is -0.918. The number of primary amides is 1. The molecule has 0 aliphatic heterocycles. The molecule has 1 saturated carbocycles. The van der Waals surface area contributed by atoms with Crippen LogP contribution in [0, 0.1) is 11.7 Å². The van der Waals surface area contributed by atoms with Crippen LogP contribution in [0.25, 0.3) is 0 Å². The minimum absolute atomic E-state index is 0.0355. The summed E-state index contributed by atoms with van der Waals surface area (Å²) in [7, 11) is 0. The van der Waals surface area contributed by atoms with Crippen molar-refractivity contribution >= 4 is 52.2 Å². The van der Waals surface area contributed by atoms with Gasteiger partial charge in [-0.2, -0.15) is 4.37 Å². The highest BCUT2D eigenvalue weighted by Crippen LogP contribution is 2.31. The number of nitrogens with two attached hydrogens (primary N) is 2. The molecule has 1 heterocycles. The van der Waals surface area contributed by atoms with Gasteiger partial charge in [0.15, 0.2) is 5.69 Å². The van der Waals surface area contributed by atoms with Gasteiger partial charge in [0, 0.05) is 11.7 Å². The fourth-order valence-corrected chi connectivity index (χ4v) is 4.87. The Bertz CT molecular complexity index is 1050. The first-order chi connectivity index (χ1) is 15.6. The summed E-state index contributed by atoms with van der Waals surface area (Å²) in [6.07, 6.45) is 4.15. The highest BCUT2D eigenvalue weighted by atomic mass is 35.5. The first kappa shape index (κ1) is 24.9. The lowest BCUT2D eigenvalue weighted by atomic mass is 9.99. The van der Waals surface area contributed by atoms with E-state index in [2.05, 4.69) is 9.69 Å². The van der Waals surface area contributed by atoms with Crippen molar-refractivity contribution in [2.75, 3.05) is 10.6 Å². The summed E-state index contributed by atoms with van der Waals surface area (Å²) in [5, 5.41) is 2.85. The Kier molecular flexibility index (Phi) is 7.91. The summed E-state index contributed by atoms with van der Waals surface area (Å²) in [6.45, 7) is 3.87. The summed E-state index contributed by atoms with van der Waals surface area (Å²) < 4.78 is 17.8. The SMILES string of the molecule is CC(C)CC(C(=O)NC1CCCC1)N(C(=O)c1snc(C(N)=O)c1N)c1ccc(F)c(Cl)c1. The van der Waals surface area contributed by atoms with Crippen LogP contribution in [0.3, 0.4) is 0 Å². The molecule has 3 amide bonds. The van der Waals surface area contributed by atoms with Gasteiger partial charge in [-0.15, -0.1) is 0 Å². The Morgan fingerprint density at radius 1 is 1.30 bits per heavy atom. The first-order valence-electron chi connectivity index (χ1n) is 10.7. The number of aromatic nitrogens is 1. The van der Waals surface area contributed by atoms with Crippen molar-refractivity contribution in [3.05, 3.63) is 39.6 Å². The van der Waals surface area contributed by atoms with E-state index in [1.54, 1.807) is 0 Å². The van der Waals surface area contributed by atoms with Gasteiger partial charge in [0.05, 0.1) is 10.7 Å². The zero-order valence-corrected chi connectivity index (χ0v) is 20.0. The fraction of sp³-hybridized carbons (Fsp3) is 0.455. The molecule has 1 atom stereocenters. The van der Waals surface area contributed by atoms with Crippen molar-refractivity contribution in [3.8, 4) is 0 Å². The third-order valence-electron chi connectivity index (χ3n) is 5.57. The number of carbonyl (C=O) groups excluding carboxylic acids is 3. The Balaban J connectivity index is 2.08. The van der Waals surface area contributed by atoms with Crippen molar-refractivity contribution in [2.24, 2.45) is 11.7 Å². The number of nitrogen functional groups attached to an aromatic ring is 1. The summed E-state index contributed by atoms with van der Waals surface area (Å²) in [6, 6.07) is 2.91. The van der Waals surface area contributed by atoms with Gasteiger partial charge in [0.2, 0.25) is 5.91 Å². The van der Waals surface area contributed by atoms with E-state index in [0.29, 0.717) is 6.42 Å². The molecule has 5 N–H and O–H groups in total. The molecule has 0 radical (unpaired) electrons. The molecule has 3 rings (SSSR count). The van der Waals surface area contributed by atoms with Crippen molar-refractivity contribution in [2.45, 2.75) is 58.0 Å². The maximum absolute atomic E-state index is 13.9. The smallest absolute Gasteiger partial charge is 0.272 e. The van der Waals surface area contributed by atoms with Gasteiger partial charge in [0.1, 0.15) is 16.7 Å². The molecule has 11 heteroatoms. The number of anilines is 2. The third-order valence-corrected chi connectivity index (χ3v) is 6.71. The molecule has 0 saturated heterocycles. The van der Waals surface area contributed by atoms with Gasteiger partial charge in [-0.1, -0.05) is 38.3 Å². The van der Waals surface area contributed by atoms with Gasteiger partial charge in [-0.05, 0) is 54.9 Å². The van der Waals surface area contributed by atoms with E-state index in [9.17, 15) is 18.8 Å². The Morgan fingerprint density at radius 3 is 2.52 bits per heavy atom. The van der Waals surface area contributed by atoms with Crippen molar-refractivity contribution < 1.29 is 18.8 Å². The Labute approximate surface area is 200 Å². The number of nitrogens with zero attached hydrogens (tertiary/aromatic N) is 2. The molecule has 8 nitrogen and oxygen atoms in total. The van der Waals surface area contributed by atoms with Crippen molar-refractivity contribution in [1.29, 1.82) is 0 Å².